The van der Waals surface area contributed by atoms with Crippen LogP contribution in [0.2, 0.25) is 0 Å². The molecule has 0 aromatic heterocycles. The van der Waals surface area contributed by atoms with Gasteiger partial charge in [0.15, 0.2) is 6.61 Å². The zero-order chi connectivity index (χ0) is 21.6. The van der Waals surface area contributed by atoms with Gasteiger partial charge >= 0.3 is 5.97 Å². The molecule has 8 nitrogen and oxygen atoms in total. The van der Waals surface area contributed by atoms with E-state index in [1.54, 1.807) is 36.1 Å². The van der Waals surface area contributed by atoms with E-state index in [-0.39, 0.29) is 17.3 Å². The maximum atomic E-state index is 12.8. The Morgan fingerprint density at radius 1 is 1.17 bits per heavy atom. The number of carboxylic acid groups (broad SMARTS) is 1. The van der Waals surface area contributed by atoms with E-state index in [1.165, 1.54) is 25.1 Å². The summed E-state index contributed by atoms with van der Waals surface area (Å²) in [7, 11) is -3.89. The number of aliphatic carboxylic acids is 1. The maximum absolute atomic E-state index is 12.8. The fourth-order valence-corrected chi connectivity index (χ4v) is 3.89. The van der Waals surface area contributed by atoms with Gasteiger partial charge in [0.05, 0.1) is 10.6 Å². The smallest absolute Gasteiger partial charge is 0.341 e. The summed E-state index contributed by atoms with van der Waals surface area (Å²) in [6.45, 7) is 5.23. The Morgan fingerprint density at radius 3 is 2.45 bits per heavy atom. The van der Waals surface area contributed by atoms with Crippen molar-refractivity contribution in [2.24, 2.45) is 0 Å². The minimum absolute atomic E-state index is 0.0198. The standard InChI is InChI=1S/C20H24N2O6S/c1-4-22(15(3)23)12-16-7-5-6-8-18(16)21-29(26,27)17-9-10-19(14(2)11-17)28-13-20(24)25/h5-11,21H,4,12-13H2,1-3H3,(H,24,25). The van der Waals surface area contributed by atoms with Crippen molar-refractivity contribution >= 4 is 27.6 Å². The van der Waals surface area contributed by atoms with Crippen LogP contribution in [0.25, 0.3) is 0 Å². The van der Waals surface area contributed by atoms with Crippen LogP contribution < -0.4 is 9.46 Å². The maximum Gasteiger partial charge on any atom is 0.341 e. The Bertz CT molecular complexity index is 1000. The van der Waals surface area contributed by atoms with Crippen molar-refractivity contribution in [1.82, 2.24) is 4.90 Å². The molecule has 0 saturated heterocycles. The highest BCUT2D eigenvalue weighted by Crippen LogP contribution is 2.25. The number of carbonyl (C=O) groups excluding carboxylic acids is 1. The van der Waals surface area contributed by atoms with Gasteiger partial charge in [-0.3, -0.25) is 9.52 Å². The number of rotatable bonds is 9. The molecule has 0 aliphatic carbocycles. The number of benzene rings is 2. The number of nitrogens with zero attached hydrogens (tertiary/aromatic N) is 1. The second-order valence-electron chi connectivity index (χ2n) is 6.41. The lowest BCUT2D eigenvalue weighted by Gasteiger charge is -2.21. The van der Waals surface area contributed by atoms with E-state index in [0.29, 0.717) is 29.1 Å². The average molecular weight is 420 g/mol. The number of aryl methyl sites for hydroxylation is 1. The molecular weight excluding hydrogens is 396 g/mol. The van der Waals surface area contributed by atoms with Crippen LogP contribution in [0.3, 0.4) is 0 Å². The van der Waals surface area contributed by atoms with Crippen LogP contribution >= 0.6 is 0 Å². The third kappa shape index (κ3) is 5.95. The number of nitrogens with one attached hydrogen (secondary N) is 1. The zero-order valence-corrected chi connectivity index (χ0v) is 17.3. The lowest BCUT2D eigenvalue weighted by atomic mass is 10.1. The average Bonchev–Trinajstić information content (AvgIpc) is 2.65. The summed E-state index contributed by atoms with van der Waals surface area (Å²) >= 11 is 0. The largest absolute Gasteiger partial charge is 0.482 e. The molecule has 0 unspecified atom stereocenters. The summed E-state index contributed by atoms with van der Waals surface area (Å²) in [6, 6.07) is 11.1. The Kier molecular flexibility index (Phi) is 7.22. The van der Waals surface area contributed by atoms with Crippen LogP contribution in [0.1, 0.15) is 25.0 Å². The molecule has 9 heteroatoms. The van der Waals surface area contributed by atoms with Gasteiger partial charge in [-0.15, -0.1) is 0 Å². The summed E-state index contributed by atoms with van der Waals surface area (Å²) < 4.78 is 33.4. The Hall–Kier alpha value is -3.07. The lowest BCUT2D eigenvalue weighted by molar-refractivity contribution is -0.139. The fraction of sp³-hybridized carbons (Fsp3) is 0.300. The van der Waals surface area contributed by atoms with Gasteiger partial charge in [-0.25, -0.2) is 13.2 Å². The molecule has 0 fully saturated rings. The number of ether oxygens (including phenoxy) is 1. The summed E-state index contributed by atoms with van der Waals surface area (Å²) in [5.41, 5.74) is 1.55. The molecule has 29 heavy (non-hydrogen) atoms. The third-order valence-electron chi connectivity index (χ3n) is 4.26. The van der Waals surface area contributed by atoms with Gasteiger partial charge < -0.3 is 14.7 Å². The Labute approximate surface area is 170 Å². The first kappa shape index (κ1) is 22.2. The van der Waals surface area contributed by atoms with Gasteiger partial charge in [-0.05, 0) is 49.2 Å². The number of amides is 1. The highest BCUT2D eigenvalue weighted by Gasteiger charge is 2.18. The van der Waals surface area contributed by atoms with E-state index in [0.717, 1.165) is 0 Å². The number of para-hydroxylation sites is 1. The molecular formula is C20H24N2O6S. The second kappa shape index (κ2) is 9.42. The van der Waals surface area contributed by atoms with E-state index >= 15 is 0 Å². The van der Waals surface area contributed by atoms with Gasteiger partial charge in [0.1, 0.15) is 5.75 Å². The highest BCUT2D eigenvalue weighted by molar-refractivity contribution is 7.92. The van der Waals surface area contributed by atoms with Crippen LogP contribution in [0, 0.1) is 6.92 Å². The predicted octanol–water partition coefficient (Wildman–Crippen LogP) is 2.63. The normalized spacial score (nSPS) is 11.0. The number of hydrogen-bond acceptors (Lipinski definition) is 5. The van der Waals surface area contributed by atoms with Crippen molar-refractivity contribution in [2.45, 2.75) is 32.2 Å². The van der Waals surface area contributed by atoms with E-state index in [9.17, 15) is 18.0 Å². The summed E-state index contributed by atoms with van der Waals surface area (Å²) in [5.74, 6) is -0.921. The molecule has 0 saturated carbocycles. The first-order valence-electron chi connectivity index (χ1n) is 8.95. The van der Waals surface area contributed by atoms with Crippen LogP contribution in [-0.2, 0) is 26.2 Å². The molecule has 1 amide bonds. The number of carboxylic acids is 1. The molecule has 0 aliphatic heterocycles. The van der Waals surface area contributed by atoms with Gasteiger partial charge in [0, 0.05) is 20.0 Å². The molecule has 0 bridgehead atoms. The van der Waals surface area contributed by atoms with Gasteiger partial charge in [0.2, 0.25) is 5.91 Å². The molecule has 0 heterocycles. The number of hydrogen-bond donors (Lipinski definition) is 2. The first-order chi connectivity index (χ1) is 13.6. The van der Waals surface area contributed by atoms with Crippen molar-refractivity contribution in [3.8, 4) is 5.75 Å². The molecule has 0 spiro atoms. The summed E-state index contributed by atoms with van der Waals surface area (Å²) in [6.07, 6.45) is 0. The number of anilines is 1. The number of carbonyl (C=O) groups is 2. The second-order valence-corrected chi connectivity index (χ2v) is 8.09. The van der Waals surface area contributed by atoms with Crippen LogP contribution in [-0.4, -0.2) is 43.5 Å². The Balaban J connectivity index is 2.27. The van der Waals surface area contributed by atoms with E-state index in [4.69, 9.17) is 9.84 Å². The molecule has 2 aromatic carbocycles. The molecule has 2 rings (SSSR count). The molecule has 156 valence electrons. The molecule has 2 aromatic rings. The van der Waals surface area contributed by atoms with Crippen LogP contribution in [0.4, 0.5) is 5.69 Å². The van der Waals surface area contributed by atoms with Crippen LogP contribution in [0.15, 0.2) is 47.4 Å². The van der Waals surface area contributed by atoms with Gasteiger partial charge in [0.25, 0.3) is 10.0 Å². The van der Waals surface area contributed by atoms with E-state index in [1.807, 2.05) is 6.92 Å². The van der Waals surface area contributed by atoms with Crippen molar-refractivity contribution in [3.63, 3.8) is 0 Å². The SMILES string of the molecule is CCN(Cc1ccccc1NS(=O)(=O)c1ccc(OCC(=O)O)c(C)c1)C(C)=O. The minimum atomic E-state index is -3.89. The third-order valence-corrected chi connectivity index (χ3v) is 5.62. The molecule has 0 aliphatic rings. The quantitative estimate of drug-likeness (QED) is 0.645. The lowest BCUT2D eigenvalue weighted by Crippen LogP contribution is -2.28. The van der Waals surface area contributed by atoms with E-state index < -0.39 is 22.6 Å². The van der Waals surface area contributed by atoms with Crippen molar-refractivity contribution in [3.05, 3.63) is 53.6 Å². The van der Waals surface area contributed by atoms with Crippen molar-refractivity contribution in [2.75, 3.05) is 17.9 Å². The fourth-order valence-electron chi connectivity index (χ4n) is 2.70. The van der Waals surface area contributed by atoms with Crippen LogP contribution in [0.5, 0.6) is 5.75 Å². The molecule has 2 N–H and O–H groups in total. The zero-order valence-electron chi connectivity index (χ0n) is 16.5. The summed E-state index contributed by atoms with van der Waals surface area (Å²) in [4.78, 5) is 24.0. The predicted molar refractivity (Wildman–Crippen MR) is 108 cm³/mol. The topological polar surface area (TPSA) is 113 Å². The van der Waals surface area contributed by atoms with Crippen molar-refractivity contribution in [1.29, 1.82) is 0 Å². The number of sulfonamides is 1. The van der Waals surface area contributed by atoms with Crippen molar-refractivity contribution < 1.29 is 27.9 Å². The van der Waals surface area contributed by atoms with Gasteiger partial charge in [-0.1, -0.05) is 18.2 Å². The minimum Gasteiger partial charge on any atom is -0.482 e. The molecule has 0 atom stereocenters. The van der Waals surface area contributed by atoms with Gasteiger partial charge in [-0.2, -0.15) is 0 Å². The van der Waals surface area contributed by atoms with E-state index in [2.05, 4.69) is 4.72 Å². The molecule has 0 radical (unpaired) electrons. The highest BCUT2D eigenvalue weighted by atomic mass is 32.2. The first-order valence-corrected chi connectivity index (χ1v) is 10.4. The monoisotopic (exact) mass is 420 g/mol. The Morgan fingerprint density at radius 2 is 1.86 bits per heavy atom. The summed E-state index contributed by atoms with van der Waals surface area (Å²) in [5, 5.41) is 8.70.